The third-order valence-corrected chi connectivity index (χ3v) is 1.94. The number of hydrogen-bond donors (Lipinski definition) is 3. The van der Waals surface area contributed by atoms with Gasteiger partial charge in [0.15, 0.2) is 0 Å². The summed E-state index contributed by atoms with van der Waals surface area (Å²) in [5.74, 6) is -1.59. The molecule has 0 aromatic carbocycles. The lowest BCUT2D eigenvalue weighted by molar-refractivity contribution is -0.142. The Morgan fingerprint density at radius 1 is 1.46 bits per heavy atom. The van der Waals surface area contributed by atoms with Crippen LogP contribution >= 0.6 is 0 Å². The summed E-state index contributed by atoms with van der Waals surface area (Å²) in [4.78, 5) is 21.5. The highest BCUT2D eigenvalue weighted by molar-refractivity contribution is 5.76. The smallest absolute Gasteiger partial charge is 0.314 e. The predicted octanol–water partition coefficient (Wildman–Crippen LogP) is -0.985. The van der Waals surface area contributed by atoms with E-state index >= 15 is 0 Å². The quantitative estimate of drug-likeness (QED) is 0.519. The lowest BCUT2D eigenvalue weighted by atomic mass is 10.0. The summed E-state index contributed by atoms with van der Waals surface area (Å²) < 4.78 is 4.95. The Balaban J connectivity index is 2.48. The second-order valence-electron chi connectivity index (χ2n) is 2.81. The Hall–Kier alpha value is -1.30. The van der Waals surface area contributed by atoms with Crippen molar-refractivity contribution < 1.29 is 19.4 Å². The summed E-state index contributed by atoms with van der Waals surface area (Å²) in [6.07, 6.45) is 0. The SMILES string of the molecule is CNC(=O)NC1COCC1C(=O)O. The van der Waals surface area contributed by atoms with Gasteiger partial charge in [0.25, 0.3) is 0 Å². The van der Waals surface area contributed by atoms with Gasteiger partial charge in [-0.2, -0.15) is 0 Å². The summed E-state index contributed by atoms with van der Waals surface area (Å²) in [5.41, 5.74) is 0. The van der Waals surface area contributed by atoms with Gasteiger partial charge in [-0.25, -0.2) is 4.79 Å². The zero-order valence-electron chi connectivity index (χ0n) is 7.24. The van der Waals surface area contributed by atoms with Crippen LogP contribution in [0.5, 0.6) is 0 Å². The van der Waals surface area contributed by atoms with Crippen molar-refractivity contribution in [1.29, 1.82) is 0 Å². The van der Waals surface area contributed by atoms with Crippen molar-refractivity contribution in [2.75, 3.05) is 20.3 Å². The molecule has 1 heterocycles. The molecule has 0 saturated carbocycles. The normalized spacial score (nSPS) is 26.8. The molecular formula is C7H12N2O4. The lowest BCUT2D eigenvalue weighted by Crippen LogP contribution is -2.46. The lowest BCUT2D eigenvalue weighted by Gasteiger charge is -2.14. The Morgan fingerprint density at radius 2 is 2.15 bits per heavy atom. The van der Waals surface area contributed by atoms with E-state index < -0.39 is 17.9 Å². The molecule has 0 radical (unpaired) electrons. The number of carbonyl (C=O) groups excluding carboxylic acids is 1. The molecule has 1 saturated heterocycles. The van der Waals surface area contributed by atoms with Crippen LogP contribution in [0.1, 0.15) is 0 Å². The maximum Gasteiger partial charge on any atom is 0.314 e. The third-order valence-electron chi connectivity index (χ3n) is 1.94. The molecule has 0 aromatic rings. The summed E-state index contributed by atoms with van der Waals surface area (Å²) >= 11 is 0. The van der Waals surface area contributed by atoms with Gasteiger partial charge in [0.2, 0.25) is 0 Å². The second kappa shape index (κ2) is 4.08. The molecule has 2 unspecified atom stereocenters. The van der Waals surface area contributed by atoms with Crippen molar-refractivity contribution in [3.8, 4) is 0 Å². The van der Waals surface area contributed by atoms with Gasteiger partial charge in [-0.3, -0.25) is 4.79 Å². The Labute approximate surface area is 75.3 Å². The molecule has 2 amide bonds. The largest absolute Gasteiger partial charge is 0.481 e. The van der Waals surface area contributed by atoms with Gasteiger partial charge in [-0.05, 0) is 0 Å². The van der Waals surface area contributed by atoms with Crippen molar-refractivity contribution in [2.45, 2.75) is 6.04 Å². The molecule has 1 aliphatic rings. The number of aliphatic carboxylic acids is 1. The molecule has 3 N–H and O–H groups in total. The topological polar surface area (TPSA) is 87.7 Å². The van der Waals surface area contributed by atoms with E-state index in [4.69, 9.17) is 9.84 Å². The molecule has 2 atom stereocenters. The number of rotatable bonds is 2. The molecule has 1 rings (SSSR count). The number of carbonyl (C=O) groups is 2. The molecule has 0 aromatic heterocycles. The van der Waals surface area contributed by atoms with E-state index in [1.165, 1.54) is 7.05 Å². The fraction of sp³-hybridized carbons (Fsp3) is 0.714. The van der Waals surface area contributed by atoms with Crippen molar-refractivity contribution >= 4 is 12.0 Å². The van der Waals surface area contributed by atoms with Gasteiger partial charge in [0.1, 0.15) is 5.92 Å². The molecule has 13 heavy (non-hydrogen) atoms. The zero-order valence-corrected chi connectivity index (χ0v) is 7.24. The first kappa shape index (κ1) is 9.79. The Kier molecular flexibility index (Phi) is 3.07. The number of amides is 2. The van der Waals surface area contributed by atoms with Crippen LogP contribution in [0.4, 0.5) is 4.79 Å². The van der Waals surface area contributed by atoms with Crippen molar-refractivity contribution in [3.05, 3.63) is 0 Å². The van der Waals surface area contributed by atoms with Crippen LogP contribution in [0.25, 0.3) is 0 Å². The van der Waals surface area contributed by atoms with Gasteiger partial charge < -0.3 is 20.5 Å². The minimum Gasteiger partial charge on any atom is -0.481 e. The van der Waals surface area contributed by atoms with Crippen LogP contribution in [0.15, 0.2) is 0 Å². The second-order valence-corrected chi connectivity index (χ2v) is 2.81. The molecule has 6 heteroatoms. The Bertz CT molecular complexity index is 219. The van der Waals surface area contributed by atoms with E-state index in [2.05, 4.69) is 10.6 Å². The number of carboxylic acids is 1. The van der Waals surface area contributed by atoms with Gasteiger partial charge in [0.05, 0.1) is 19.3 Å². The number of urea groups is 1. The summed E-state index contributed by atoms with van der Waals surface area (Å²) in [6.45, 7) is 0.411. The van der Waals surface area contributed by atoms with Gasteiger partial charge in [0, 0.05) is 7.05 Å². The average molecular weight is 188 g/mol. The van der Waals surface area contributed by atoms with E-state index in [-0.39, 0.29) is 19.2 Å². The van der Waals surface area contributed by atoms with Crippen molar-refractivity contribution in [2.24, 2.45) is 5.92 Å². The molecule has 74 valence electrons. The highest BCUT2D eigenvalue weighted by Crippen LogP contribution is 2.13. The highest BCUT2D eigenvalue weighted by Gasteiger charge is 2.34. The van der Waals surface area contributed by atoms with Crippen LogP contribution in [-0.2, 0) is 9.53 Å². The minimum absolute atomic E-state index is 0.157. The minimum atomic E-state index is -0.945. The first-order chi connectivity index (χ1) is 6.15. The molecular weight excluding hydrogens is 176 g/mol. The zero-order chi connectivity index (χ0) is 9.84. The number of hydrogen-bond acceptors (Lipinski definition) is 3. The molecule has 0 aliphatic carbocycles. The first-order valence-corrected chi connectivity index (χ1v) is 3.94. The highest BCUT2D eigenvalue weighted by atomic mass is 16.5. The van der Waals surface area contributed by atoms with Crippen LogP contribution in [-0.4, -0.2) is 43.4 Å². The van der Waals surface area contributed by atoms with E-state index in [0.717, 1.165) is 0 Å². The van der Waals surface area contributed by atoms with E-state index in [1.807, 2.05) is 0 Å². The van der Waals surface area contributed by atoms with E-state index in [0.29, 0.717) is 0 Å². The fourth-order valence-electron chi connectivity index (χ4n) is 1.18. The monoisotopic (exact) mass is 188 g/mol. The fourth-order valence-corrected chi connectivity index (χ4v) is 1.18. The van der Waals surface area contributed by atoms with Crippen LogP contribution in [0.2, 0.25) is 0 Å². The molecule has 1 aliphatic heterocycles. The first-order valence-electron chi connectivity index (χ1n) is 3.94. The Morgan fingerprint density at radius 3 is 2.69 bits per heavy atom. The van der Waals surface area contributed by atoms with Gasteiger partial charge in [-0.15, -0.1) is 0 Å². The van der Waals surface area contributed by atoms with Gasteiger partial charge in [-0.1, -0.05) is 0 Å². The van der Waals surface area contributed by atoms with E-state index in [9.17, 15) is 9.59 Å². The number of carboxylic acid groups (broad SMARTS) is 1. The molecule has 0 bridgehead atoms. The molecule has 0 spiro atoms. The molecule has 1 fully saturated rings. The van der Waals surface area contributed by atoms with Gasteiger partial charge >= 0.3 is 12.0 Å². The number of nitrogens with one attached hydrogen (secondary N) is 2. The van der Waals surface area contributed by atoms with Crippen LogP contribution < -0.4 is 10.6 Å². The summed E-state index contributed by atoms with van der Waals surface area (Å²) in [6, 6.07) is -0.820. The average Bonchev–Trinajstić information content (AvgIpc) is 2.52. The van der Waals surface area contributed by atoms with Crippen molar-refractivity contribution in [1.82, 2.24) is 10.6 Å². The van der Waals surface area contributed by atoms with Crippen molar-refractivity contribution in [3.63, 3.8) is 0 Å². The summed E-state index contributed by atoms with van der Waals surface area (Å²) in [7, 11) is 1.47. The maximum atomic E-state index is 10.9. The van der Waals surface area contributed by atoms with E-state index in [1.54, 1.807) is 0 Å². The van der Waals surface area contributed by atoms with Crippen LogP contribution in [0, 0.1) is 5.92 Å². The van der Waals surface area contributed by atoms with Crippen LogP contribution in [0.3, 0.4) is 0 Å². The maximum absolute atomic E-state index is 10.9. The third kappa shape index (κ3) is 2.32. The number of ether oxygens (including phenoxy) is 1. The summed E-state index contributed by atoms with van der Waals surface area (Å²) in [5, 5.41) is 13.6. The molecule has 6 nitrogen and oxygen atoms in total. The standard InChI is InChI=1S/C7H12N2O4/c1-8-7(12)9-5-3-13-2-4(5)6(10)11/h4-5H,2-3H2,1H3,(H,10,11)(H2,8,9,12). The predicted molar refractivity (Wildman–Crippen MR) is 43.3 cm³/mol.